The molecule has 0 saturated heterocycles. The Hall–Kier alpha value is -2.63. The van der Waals surface area contributed by atoms with E-state index in [9.17, 15) is 4.79 Å². The Morgan fingerprint density at radius 1 is 1.33 bits per heavy atom. The van der Waals surface area contributed by atoms with Gasteiger partial charge in [0.2, 0.25) is 5.88 Å². The number of pyridine rings is 2. The number of ether oxygens (including phenoxy) is 1. The number of urea groups is 1. The second-order valence-electron chi connectivity index (χ2n) is 5.59. The number of rotatable bonds is 7. The number of hydrogen-bond acceptors (Lipinski definition) is 4. The Morgan fingerprint density at radius 3 is 2.79 bits per heavy atom. The lowest BCUT2D eigenvalue weighted by Crippen LogP contribution is -2.38. The highest BCUT2D eigenvalue weighted by Crippen LogP contribution is 2.17. The molecule has 2 rings (SSSR count). The molecule has 24 heavy (non-hydrogen) atoms. The first-order valence-corrected chi connectivity index (χ1v) is 8.10. The van der Waals surface area contributed by atoms with E-state index in [4.69, 9.17) is 4.74 Å². The predicted octanol–water partition coefficient (Wildman–Crippen LogP) is 3.17. The minimum atomic E-state index is -0.141. The molecule has 2 amide bonds. The fraction of sp³-hybridized carbons (Fsp3) is 0.389. The summed E-state index contributed by atoms with van der Waals surface area (Å²) >= 11 is 0. The molecule has 0 radical (unpaired) electrons. The molecule has 0 aliphatic heterocycles. The fourth-order valence-corrected chi connectivity index (χ4v) is 2.13. The average Bonchev–Trinajstić information content (AvgIpc) is 2.64. The summed E-state index contributed by atoms with van der Waals surface area (Å²) < 4.78 is 5.44. The number of aromatic nitrogens is 2. The van der Waals surface area contributed by atoms with Crippen LogP contribution in [0, 0.1) is 0 Å². The van der Waals surface area contributed by atoms with E-state index in [2.05, 4.69) is 15.3 Å². The van der Waals surface area contributed by atoms with Gasteiger partial charge in [0.25, 0.3) is 0 Å². The van der Waals surface area contributed by atoms with Crippen molar-refractivity contribution in [2.24, 2.45) is 0 Å². The van der Waals surface area contributed by atoms with E-state index in [1.807, 2.05) is 38.1 Å². The van der Waals surface area contributed by atoms with Crippen LogP contribution in [0.1, 0.15) is 37.4 Å². The molecule has 2 aromatic rings. The molecule has 6 heteroatoms. The normalized spacial score (nSPS) is 11.6. The van der Waals surface area contributed by atoms with Crippen LogP contribution in [-0.4, -0.2) is 34.6 Å². The van der Waals surface area contributed by atoms with E-state index in [1.54, 1.807) is 30.5 Å². The van der Waals surface area contributed by atoms with Gasteiger partial charge in [-0.2, -0.15) is 0 Å². The third-order valence-electron chi connectivity index (χ3n) is 3.76. The van der Waals surface area contributed by atoms with Crippen LogP contribution in [0.2, 0.25) is 0 Å². The summed E-state index contributed by atoms with van der Waals surface area (Å²) in [4.78, 5) is 22.3. The molecule has 2 heterocycles. The fourth-order valence-electron chi connectivity index (χ4n) is 2.13. The van der Waals surface area contributed by atoms with E-state index in [0.717, 1.165) is 17.5 Å². The van der Waals surface area contributed by atoms with Gasteiger partial charge in [-0.05, 0) is 30.5 Å². The number of amides is 2. The summed E-state index contributed by atoms with van der Waals surface area (Å²) in [5.41, 5.74) is 1.92. The summed E-state index contributed by atoms with van der Waals surface area (Å²) in [6, 6.07) is 7.35. The minimum absolute atomic E-state index is 0.0540. The molecule has 0 saturated carbocycles. The molecule has 6 nitrogen and oxygen atoms in total. The van der Waals surface area contributed by atoms with Crippen molar-refractivity contribution in [3.63, 3.8) is 0 Å². The highest BCUT2D eigenvalue weighted by atomic mass is 16.5. The van der Waals surface area contributed by atoms with Gasteiger partial charge in [0, 0.05) is 38.2 Å². The van der Waals surface area contributed by atoms with Crippen molar-refractivity contribution in [1.82, 2.24) is 20.2 Å². The number of carbonyl (C=O) groups is 1. The first-order chi connectivity index (χ1) is 11.6. The van der Waals surface area contributed by atoms with Crippen LogP contribution in [0.25, 0.3) is 0 Å². The zero-order chi connectivity index (χ0) is 17.4. The second kappa shape index (κ2) is 8.86. The minimum Gasteiger partial charge on any atom is -0.478 e. The van der Waals surface area contributed by atoms with E-state index in [0.29, 0.717) is 19.0 Å². The van der Waals surface area contributed by atoms with E-state index >= 15 is 0 Å². The van der Waals surface area contributed by atoms with E-state index in [-0.39, 0.29) is 12.1 Å². The van der Waals surface area contributed by atoms with E-state index < -0.39 is 0 Å². The molecule has 1 N–H and O–H groups in total. The highest BCUT2D eigenvalue weighted by molar-refractivity contribution is 5.74. The average molecular weight is 328 g/mol. The van der Waals surface area contributed by atoms with Crippen molar-refractivity contribution in [2.75, 3.05) is 13.7 Å². The predicted molar refractivity (Wildman–Crippen MR) is 92.7 cm³/mol. The Morgan fingerprint density at radius 2 is 2.17 bits per heavy atom. The van der Waals surface area contributed by atoms with Gasteiger partial charge in [0.1, 0.15) is 0 Å². The van der Waals surface area contributed by atoms with Gasteiger partial charge in [-0.3, -0.25) is 4.98 Å². The molecule has 128 valence electrons. The zero-order valence-electron chi connectivity index (χ0n) is 14.4. The van der Waals surface area contributed by atoms with Gasteiger partial charge in [-0.25, -0.2) is 9.78 Å². The number of carbonyl (C=O) groups excluding carboxylic acids is 1. The third kappa shape index (κ3) is 4.94. The van der Waals surface area contributed by atoms with Crippen LogP contribution in [0.3, 0.4) is 0 Å². The van der Waals surface area contributed by atoms with Gasteiger partial charge in [-0.1, -0.05) is 19.1 Å². The molecule has 0 aliphatic carbocycles. The SMILES string of the molecule is CCCOc1ccc(CNC(=O)N(C)[C@@H](C)c2cccnc2)cn1. The Kier molecular flexibility index (Phi) is 6.54. The quantitative estimate of drug-likeness (QED) is 0.848. The topological polar surface area (TPSA) is 67.3 Å². The molecule has 0 spiro atoms. The van der Waals surface area contributed by atoms with Crippen LogP contribution >= 0.6 is 0 Å². The van der Waals surface area contributed by atoms with Gasteiger partial charge in [0.15, 0.2) is 0 Å². The van der Waals surface area contributed by atoms with Crippen molar-refractivity contribution in [3.8, 4) is 5.88 Å². The maximum atomic E-state index is 12.3. The van der Waals surface area contributed by atoms with Crippen LogP contribution < -0.4 is 10.1 Å². The van der Waals surface area contributed by atoms with Crippen LogP contribution in [0.15, 0.2) is 42.9 Å². The zero-order valence-corrected chi connectivity index (χ0v) is 14.4. The Labute approximate surface area is 142 Å². The molecule has 0 aromatic carbocycles. The highest BCUT2D eigenvalue weighted by Gasteiger charge is 2.17. The molecule has 0 fully saturated rings. The number of nitrogens with one attached hydrogen (secondary N) is 1. The molecule has 0 aliphatic rings. The molecular weight excluding hydrogens is 304 g/mol. The maximum Gasteiger partial charge on any atom is 0.317 e. The largest absolute Gasteiger partial charge is 0.478 e. The molecule has 1 atom stereocenters. The van der Waals surface area contributed by atoms with Crippen molar-refractivity contribution in [2.45, 2.75) is 32.9 Å². The summed E-state index contributed by atoms with van der Waals surface area (Å²) in [5.74, 6) is 0.606. The summed E-state index contributed by atoms with van der Waals surface area (Å²) in [7, 11) is 1.77. The van der Waals surface area contributed by atoms with Gasteiger partial charge in [0.05, 0.1) is 12.6 Å². The number of nitrogens with zero attached hydrogens (tertiary/aromatic N) is 3. The molecule has 0 unspecified atom stereocenters. The summed E-state index contributed by atoms with van der Waals surface area (Å²) in [6.45, 7) is 5.09. The first-order valence-electron chi connectivity index (χ1n) is 8.10. The van der Waals surface area contributed by atoms with Crippen molar-refractivity contribution in [1.29, 1.82) is 0 Å². The lowest BCUT2D eigenvalue weighted by atomic mass is 10.1. The third-order valence-corrected chi connectivity index (χ3v) is 3.76. The second-order valence-corrected chi connectivity index (χ2v) is 5.59. The maximum absolute atomic E-state index is 12.3. The number of hydrogen-bond donors (Lipinski definition) is 1. The Bertz CT molecular complexity index is 631. The van der Waals surface area contributed by atoms with Crippen LogP contribution in [0.5, 0.6) is 5.88 Å². The smallest absolute Gasteiger partial charge is 0.317 e. The van der Waals surface area contributed by atoms with Gasteiger partial charge in [-0.15, -0.1) is 0 Å². The lowest BCUT2D eigenvalue weighted by Gasteiger charge is -2.25. The van der Waals surface area contributed by atoms with Gasteiger partial charge < -0.3 is 15.0 Å². The van der Waals surface area contributed by atoms with Crippen molar-refractivity contribution < 1.29 is 9.53 Å². The molecule has 2 aromatic heterocycles. The first kappa shape index (κ1) is 17.7. The van der Waals surface area contributed by atoms with E-state index in [1.165, 1.54) is 0 Å². The van der Waals surface area contributed by atoms with Crippen LogP contribution in [-0.2, 0) is 6.54 Å². The molecule has 0 bridgehead atoms. The monoisotopic (exact) mass is 328 g/mol. The van der Waals surface area contributed by atoms with Gasteiger partial charge >= 0.3 is 6.03 Å². The summed E-state index contributed by atoms with van der Waals surface area (Å²) in [5, 5.41) is 2.90. The van der Waals surface area contributed by atoms with Crippen LogP contribution in [0.4, 0.5) is 4.79 Å². The standard InChI is InChI=1S/C18H24N4O2/c1-4-10-24-17-8-7-15(11-20-17)12-21-18(23)22(3)14(2)16-6-5-9-19-13-16/h5-9,11,13-14H,4,10,12H2,1-3H3,(H,21,23)/t14-/m0/s1. The lowest BCUT2D eigenvalue weighted by molar-refractivity contribution is 0.194. The Balaban J connectivity index is 1.85. The molecular formula is C18H24N4O2. The van der Waals surface area contributed by atoms with Crippen molar-refractivity contribution >= 4 is 6.03 Å². The van der Waals surface area contributed by atoms with Crippen molar-refractivity contribution in [3.05, 3.63) is 54.0 Å². The summed E-state index contributed by atoms with van der Waals surface area (Å²) in [6.07, 6.45) is 6.15.